The predicted octanol–water partition coefficient (Wildman–Crippen LogP) is 5.63. The van der Waals surface area contributed by atoms with Crippen LogP contribution in [0.5, 0.6) is 5.88 Å². The first kappa shape index (κ1) is 43.3. The van der Waals surface area contributed by atoms with Gasteiger partial charge in [0.1, 0.15) is 12.1 Å². The number of thiocarbonyl (C=S) groups is 1. The number of benzene rings is 2. The molecule has 3 saturated heterocycles. The topological polar surface area (TPSA) is 139 Å². The fourth-order valence-electron chi connectivity index (χ4n) is 8.25. The third-order valence-electron chi connectivity index (χ3n) is 11.3. The van der Waals surface area contributed by atoms with E-state index in [4.69, 9.17) is 17.0 Å². The number of pyridine rings is 1. The van der Waals surface area contributed by atoms with Crippen LogP contribution in [0.4, 0.5) is 24.5 Å². The summed E-state index contributed by atoms with van der Waals surface area (Å²) >= 11 is 5.70. The number of piperidine rings is 1. The lowest BCUT2D eigenvalue weighted by atomic mass is 9.90. The van der Waals surface area contributed by atoms with Crippen molar-refractivity contribution in [3.63, 3.8) is 0 Å². The molecule has 3 amide bonds. The van der Waals surface area contributed by atoms with E-state index in [1.165, 1.54) is 12.3 Å². The number of nitriles is 1. The zero-order valence-electron chi connectivity index (χ0n) is 33.8. The van der Waals surface area contributed by atoms with Gasteiger partial charge in [-0.1, -0.05) is 31.2 Å². The second-order valence-corrected chi connectivity index (χ2v) is 16.4. The number of rotatable bonds is 13. The number of hydrogen-bond acceptors (Lipinski definition) is 10. The molecular weight excluding hydrogens is 784 g/mol. The van der Waals surface area contributed by atoms with Gasteiger partial charge in [0.2, 0.25) is 17.7 Å². The van der Waals surface area contributed by atoms with Crippen LogP contribution < -0.4 is 19.9 Å². The maximum atomic E-state index is 13.8. The van der Waals surface area contributed by atoms with E-state index >= 15 is 0 Å². The predicted molar refractivity (Wildman–Crippen MR) is 219 cm³/mol. The Morgan fingerprint density at radius 1 is 1.05 bits per heavy atom. The number of aromatic nitrogens is 1. The molecule has 3 aliphatic rings. The van der Waals surface area contributed by atoms with Gasteiger partial charge in [-0.25, -0.2) is 4.98 Å². The van der Waals surface area contributed by atoms with Crippen molar-refractivity contribution in [3.05, 3.63) is 82.5 Å². The second-order valence-electron chi connectivity index (χ2n) is 16.0. The summed E-state index contributed by atoms with van der Waals surface area (Å²) in [6.07, 6.45) is -1.05. The van der Waals surface area contributed by atoms with E-state index in [-0.39, 0.29) is 52.8 Å². The van der Waals surface area contributed by atoms with Crippen LogP contribution in [0, 0.1) is 17.2 Å². The number of carbonyl (C=O) groups excluding carboxylic acids is 4. The Morgan fingerprint density at radius 3 is 2.42 bits per heavy atom. The van der Waals surface area contributed by atoms with Crippen LogP contribution in [0.1, 0.15) is 75.3 Å². The number of ketones is 1. The first-order valence-electron chi connectivity index (χ1n) is 19.7. The molecule has 3 aliphatic heterocycles. The highest BCUT2D eigenvalue weighted by Gasteiger charge is 2.51. The lowest BCUT2D eigenvalue weighted by Crippen LogP contribution is -2.58. The Labute approximate surface area is 347 Å². The number of piperazine rings is 1. The summed E-state index contributed by atoms with van der Waals surface area (Å²) in [6, 6.07) is 14.5. The van der Waals surface area contributed by atoms with Gasteiger partial charge in [0, 0.05) is 56.0 Å². The molecule has 0 saturated carbocycles. The Bertz CT molecular complexity index is 2180. The number of nitrogens with one attached hydrogen (secondary N) is 1. The molecule has 3 atom stereocenters. The highest BCUT2D eigenvalue weighted by Crippen LogP contribution is 2.40. The molecule has 1 aromatic heterocycles. The van der Waals surface area contributed by atoms with Gasteiger partial charge in [0.15, 0.2) is 10.9 Å². The zero-order valence-corrected chi connectivity index (χ0v) is 34.6. The second kappa shape index (κ2) is 17.5. The number of aryl methyl sites for hydroxylation is 1. The maximum absolute atomic E-state index is 13.8. The third kappa shape index (κ3) is 9.48. The van der Waals surface area contributed by atoms with E-state index in [2.05, 4.69) is 33.9 Å². The minimum Gasteiger partial charge on any atom is -0.476 e. The van der Waals surface area contributed by atoms with Crippen molar-refractivity contribution in [2.45, 2.75) is 90.5 Å². The minimum atomic E-state index is -4.80. The van der Waals surface area contributed by atoms with Crippen LogP contribution in [0.15, 0.2) is 54.7 Å². The van der Waals surface area contributed by atoms with E-state index in [0.717, 1.165) is 46.8 Å². The molecule has 0 aliphatic carbocycles. The van der Waals surface area contributed by atoms with Crippen LogP contribution in [-0.2, 0) is 44.6 Å². The number of nitrogens with zero attached hydrogens (tertiary/aromatic N) is 6. The smallest absolute Gasteiger partial charge is 0.417 e. The Balaban J connectivity index is 1.03. The van der Waals surface area contributed by atoms with E-state index in [9.17, 15) is 37.6 Å². The summed E-state index contributed by atoms with van der Waals surface area (Å²) in [4.78, 5) is 62.5. The van der Waals surface area contributed by atoms with Gasteiger partial charge in [-0.3, -0.25) is 39.2 Å². The molecule has 3 fully saturated rings. The van der Waals surface area contributed by atoms with Crippen molar-refractivity contribution in [2.75, 3.05) is 42.6 Å². The third-order valence-corrected chi connectivity index (χ3v) is 11.7. The number of amides is 3. The van der Waals surface area contributed by atoms with E-state index in [1.54, 1.807) is 24.8 Å². The maximum Gasteiger partial charge on any atom is 0.417 e. The monoisotopic (exact) mass is 831 g/mol. The average Bonchev–Trinajstić information content (AvgIpc) is 3.35. The number of Topliss-reactive ketones (excluding diaryl/α,β-unsaturated/α-hetero) is 1. The van der Waals surface area contributed by atoms with E-state index in [0.29, 0.717) is 56.9 Å². The molecule has 12 nitrogen and oxygen atoms in total. The van der Waals surface area contributed by atoms with Crippen LogP contribution >= 0.6 is 12.2 Å². The summed E-state index contributed by atoms with van der Waals surface area (Å²) in [7, 11) is 0. The van der Waals surface area contributed by atoms with Crippen LogP contribution in [-0.4, -0.2) is 93.8 Å². The molecule has 2 aromatic carbocycles. The van der Waals surface area contributed by atoms with Crippen molar-refractivity contribution in [1.29, 1.82) is 5.26 Å². The lowest BCUT2D eigenvalue weighted by Gasteiger charge is -2.44. The van der Waals surface area contributed by atoms with Crippen molar-refractivity contribution in [2.24, 2.45) is 5.92 Å². The van der Waals surface area contributed by atoms with Gasteiger partial charge in [-0.05, 0) is 94.6 Å². The van der Waals surface area contributed by atoms with Gasteiger partial charge < -0.3 is 9.64 Å². The van der Waals surface area contributed by atoms with Gasteiger partial charge in [0.05, 0.1) is 41.3 Å². The molecule has 59 heavy (non-hydrogen) atoms. The summed E-state index contributed by atoms with van der Waals surface area (Å²) < 4.78 is 47.5. The summed E-state index contributed by atoms with van der Waals surface area (Å²) in [5.41, 5.74) is 0.0580. The van der Waals surface area contributed by atoms with Crippen molar-refractivity contribution < 1.29 is 37.1 Å². The number of ether oxygens (including phenoxy) is 1. The largest absolute Gasteiger partial charge is 0.476 e. The van der Waals surface area contributed by atoms with Crippen molar-refractivity contribution in [3.8, 4) is 11.9 Å². The fourth-order valence-corrected chi connectivity index (χ4v) is 8.78. The zero-order chi connectivity index (χ0) is 42.8. The minimum absolute atomic E-state index is 0.0179. The van der Waals surface area contributed by atoms with E-state index in [1.807, 2.05) is 37.3 Å². The molecule has 6 rings (SSSR count). The molecule has 0 bridgehead atoms. The van der Waals surface area contributed by atoms with Crippen LogP contribution in [0.3, 0.4) is 0 Å². The Morgan fingerprint density at radius 2 is 1.76 bits per heavy atom. The quantitative estimate of drug-likeness (QED) is 0.169. The summed E-state index contributed by atoms with van der Waals surface area (Å²) in [5.74, 6) is -0.722. The van der Waals surface area contributed by atoms with Crippen LogP contribution in [0.25, 0.3) is 0 Å². The highest BCUT2D eigenvalue weighted by atomic mass is 32.1. The van der Waals surface area contributed by atoms with Crippen molar-refractivity contribution in [1.82, 2.24) is 20.1 Å². The van der Waals surface area contributed by atoms with E-state index < -0.39 is 28.7 Å². The first-order valence-corrected chi connectivity index (χ1v) is 20.1. The van der Waals surface area contributed by atoms with Gasteiger partial charge in [-0.2, -0.15) is 18.4 Å². The summed E-state index contributed by atoms with van der Waals surface area (Å²) in [6.45, 7) is 12.2. The molecule has 16 heteroatoms. The molecule has 1 unspecified atom stereocenters. The molecule has 3 aromatic rings. The van der Waals surface area contributed by atoms with Crippen molar-refractivity contribution >= 4 is 52.2 Å². The normalized spacial score (nSPS) is 21.4. The molecule has 1 N–H and O–H groups in total. The summed E-state index contributed by atoms with van der Waals surface area (Å²) in [5, 5.41) is 11.6. The SMILES string of the molecule is CCc1cc(N2C(=S)N(c3ccc(C#N)c(C(F)(F)F)c3)C(=O)C2(C)C)cnc1OCCN1C[C@@H](C)N(CC(=O)Cc2cccc(CC3CCC(=O)NC3=O)c2)[C@@H](C)C1. The van der Waals surface area contributed by atoms with Gasteiger partial charge in [0.25, 0.3) is 5.91 Å². The number of carbonyl (C=O) groups is 4. The van der Waals surface area contributed by atoms with Gasteiger partial charge in [-0.15, -0.1) is 0 Å². The number of anilines is 2. The highest BCUT2D eigenvalue weighted by molar-refractivity contribution is 7.81. The lowest BCUT2D eigenvalue weighted by molar-refractivity contribution is -0.138. The van der Waals surface area contributed by atoms with Gasteiger partial charge >= 0.3 is 6.18 Å². The van der Waals surface area contributed by atoms with Crippen LogP contribution in [0.2, 0.25) is 0 Å². The molecule has 312 valence electrons. The number of hydrogen-bond donors (Lipinski definition) is 1. The molecule has 4 heterocycles. The number of alkyl halides is 3. The number of halogens is 3. The molecule has 0 spiro atoms. The Hall–Kier alpha value is -5.24. The number of imide groups is 1. The fraction of sp³-hybridized carbons (Fsp3) is 0.465. The Kier molecular flexibility index (Phi) is 12.9. The first-order chi connectivity index (χ1) is 27.9. The average molecular weight is 832 g/mol. The standard InChI is InChI=1S/C43H48F3N7O5S/c1-6-30-19-34(53-41(59)52(40(57)42(53,4)5)33-12-10-32(21-47)36(20-33)43(44,45)46)22-48-39(30)58-15-14-50-23-26(2)51(27(3)24-50)25-35(54)18-29-9-7-8-28(16-29)17-31-11-13-37(55)49-38(31)56/h7-10,12,16,19-20,22,26-27,31H,6,11,13-15,17-18,23-25H2,1-5H3,(H,49,55,56)/t26-,27+,31?. The molecule has 0 radical (unpaired) electrons. The molecular formula is C43H48F3N7O5S.